The van der Waals surface area contributed by atoms with E-state index in [1.807, 2.05) is 0 Å². The van der Waals surface area contributed by atoms with Crippen molar-refractivity contribution in [3.8, 4) is 11.1 Å². The minimum absolute atomic E-state index is 0.0417. The number of hydrogen-bond donors (Lipinski definition) is 1. The first-order valence-corrected chi connectivity index (χ1v) is 8.02. The number of nitrogens with one attached hydrogen (secondary N) is 1. The summed E-state index contributed by atoms with van der Waals surface area (Å²) in [7, 11) is 1.38. The smallest absolute Gasteiger partial charge is 0.282 e. The van der Waals surface area contributed by atoms with Crippen LogP contribution >= 0.6 is 11.6 Å². The number of alkyl halides is 2. The van der Waals surface area contributed by atoms with Crippen molar-refractivity contribution in [3.05, 3.63) is 70.5 Å². The van der Waals surface area contributed by atoms with Crippen molar-refractivity contribution in [2.75, 3.05) is 5.32 Å². The molecule has 0 saturated heterocycles. The molecular weight excluding hydrogens is 386 g/mol. The molecule has 9 heteroatoms. The highest BCUT2D eigenvalue weighted by Gasteiger charge is 2.24. The second kappa shape index (κ2) is 7.40. The lowest BCUT2D eigenvalue weighted by atomic mass is 10.0. The van der Waals surface area contributed by atoms with Crippen LogP contribution in [0, 0.1) is 11.6 Å². The molecule has 140 valence electrons. The molecule has 27 heavy (non-hydrogen) atoms. The Hall–Kier alpha value is -2.87. The van der Waals surface area contributed by atoms with Crippen LogP contribution in [0.5, 0.6) is 0 Å². The average Bonchev–Trinajstić information content (AvgIpc) is 3.00. The van der Waals surface area contributed by atoms with E-state index in [1.165, 1.54) is 31.3 Å². The highest BCUT2D eigenvalue weighted by molar-refractivity contribution is 6.30. The van der Waals surface area contributed by atoms with Crippen LogP contribution in [-0.2, 0) is 7.05 Å². The molecule has 1 aromatic heterocycles. The van der Waals surface area contributed by atoms with Crippen molar-refractivity contribution >= 4 is 23.2 Å². The molecule has 0 aliphatic carbocycles. The van der Waals surface area contributed by atoms with Gasteiger partial charge in [-0.05, 0) is 23.8 Å². The summed E-state index contributed by atoms with van der Waals surface area (Å²) in [6.07, 6.45) is -1.89. The van der Waals surface area contributed by atoms with Gasteiger partial charge in [-0.25, -0.2) is 17.6 Å². The van der Waals surface area contributed by atoms with E-state index in [4.69, 9.17) is 11.6 Å². The number of nitrogens with zero attached hydrogens (tertiary/aromatic N) is 2. The average molecular weight is 398 g/mol. The zero-order valence-corrected chi connectivity index (χ0v) is 14.6. The van der Waals surface area contributed by atoms with Crippen LogP contribution in [0.4, 0.5) is 23.2 Å². The molecule has 4 nitrogen and oxygen atoms in total. The number of carbonyl (C=O) groups is 1. The summed E-state index contributed by atoms with van der Waals surface area (Å²) in [4.78, 5) is 12.4. The van der Waals surface area contributed by atoms with Gasteiger partial charge in [-0.15, -0.1) is 0 Å². The van der Waals surface area contributed by atoms with Crippen molar-refractivity contribution in [2.24, 2.45) is 7.05 Å². The van der Waals surface area contributed by atoms with Gasteiger partial charge in [-0.3, -0.25) is 9.48 Å². The van der Waals surface area contributed by atoms with Crippen LogP contribution in [0.1, 0.15) is 22.5 Å². The van der Waals surface area contributed by atoms with Gasteiger partial charge in [-0.1, -0.05) is 23.7 Å². The van der Waals surface area contributed by atoms with Gasteiger partial charge in [0, 0.05) is 29.9 Å². The standard InChI is InChI=1S/C18H12ClF4N3O/c1-26-8-13(16(25-26)17(22)23)18(27)24-15-12(6-11(20)7-14(15)21)9-2-4-10(19)5-3-9/h2-8,17H,1H3,(H,24,27). The second-order valence-corrected chi connectivity index (χ2v) is 6.11. The summed E-state index contributed by atoms with van der Waals surface area (Å²) in [5, 5.41) is 6.20. The predicted molar refractivity (Wildman–Crippen MR) is 92.9 cm³/mol. The molecule has 1 N–H and O–H groups in total. The van der Waals surface area contributed by atoms with Gasteiger partial charge in [0.05, 0.1) is 11.3 Å². The minimum atomic E-state index is -2.99. The van der Waals surface area contributed by atoms with Crippen LogP contribution < -0.4 is 5.32 Å². The maximum Gasteiger partial charge on any atom is 0.282 e. The first-order chi connectivity index (χ1) is 12.8. The third-order valence-corrected chi connectivity index (χ3v) is 4.01. The first-order valence-electron chi connectivity index (χ1n) is 7.64. The molecule has 1 amide bonds. The van der Waals surface area contributed by atoms with Crippen molar-refractivity contribution in [1.82, 2.24) is 9.78 Å². The van der Waals surface area contributed by atoms with E-state index in [-0.39, 0.29) is 11.3 Å². The van der Waals surface area contributed by atoms with Crippen LogP contribution in [0.25, 0.3) is 11.1 Å². The normalized spacial score (nSPS) is 11.1. The minimum Gasteiger partial charge on any atom is -0.319 e. The molecule has 0 radical (unpaired) electrons. The Morgan fingerprint density at radius 1 is 1.19 bits per heavy atom. The van der Waals surface area contributed by atoms with Gasteiger partial charge in [0.2, 0.25) is 0 Å². The molecule has 0 atom stereocenters. The molecule has 0 bridgehead atoms. The van der Waals surface area contributed by atoms with Gasteiger partial charge in [-0.2, -0.15) is 5.10 Å². The van der Waals surface area contributed by atoms with E-state index in [2.05, 4.69) is 10.4 Å². The molecule has 3 aromatic rings. The lowest BCUT2D eigenvalue weighted by Crippen LogP contribution is -2.15. The third-order valence-electron chi connectivity index (χ3n) is 3.76. The Bertz CT molecular complexity index is 1000. The molecular formula is C18H12ClF4N3O. The van der Waals surface area contributed by atoms with E-state index in [9.17, 15) is 22.4 Å². The monoisotopic (exact) mass is 397 g/mol. The largest absolute Gasteiger partial charge is 0.319 e. The molecule has 0 fully saturated rings. The molecule has 0 unspecified atom stereocenters. The Kier molecular flexibility index (Phi) is 5.18. The SMILES string of the molecule is Cn1cc(C(=O)Nc2c(F)cc(F)cc2-c2ccc(Cl)cc2)c(C(F)F)n1. The molecule has 0 aliphatic rings. The number of aryl methyl sites for hydroxylation is 1. The molecule has 0 spiro atoms. The van der Waals surface area contributed by atoms with E-state index in [0.717, 1.165) is 16.9 Å². The van der Waals surface area contributed by atoms with E-state index in [0.29, 0.717) is 16.7 Å². The number of carbonyl (C=O) groups excluding carboxylic acids is 1. The van der Waals surface area contributed by atoms with Gasteiger partial charge in [0.15, 0.2) is 0 Å². The van der Waals surface area contributed by atoms with Crippen molar-refractivity contribution in [3.63, 3.8) is 0 Å². The zero-order chi connectivity index (χ0) is 19.7. The number of benzene rings is 2. The maximum atomic E-state index is 14.4. The summed E-state index contributed by atoms with van der Waals surface area (Å²) in [6.45, 7) is 0. The fourth-order valence-electron chi connectivity index (χ4n) is 2.58. The fraction of sp³-hybridized carbons (Fsp3) is 0.111. The highest BCUT2D eigenvalue weighted by atomic mass is 35.5. The van der Waals surface area contributed by atoms with Gasteiger partial charge < -0.3 is 5.32 Å². The Balaban J connectivity index is 2.04. The van der Waals surface area contributed by atoms with Crippen LogP contribution in [0.2, 0.25) is 5.02 Å². The Morgan fingerprint density at radius 2 is 1.85 bits per heavy atom. The zero-order valence-electron chi connectivity index (χ0n) is 13.8. The maximum absolute atomic E-state index is 14.4. The van der Waals surface area contributed by atoms with Crippen LogP contribution in [0.3, 0.4) is 0 Å². The second-order valence-electron chi connectivity index (χ2n) is 5.67. The third kappa shape index (κ3) is 3.95. The quantitative estimate of drug-likeness (QED) is 0.614. The number of rotatable bonds is 4. The number of aromatic nitrogens is 2. The molecule has 0 aliphatic heterocycles. The Labute approximate surface area is 156 Å². The molecule has 3 rings (SSSR count). The molecule has 2 aromatic carbocycles. The topological polar surface area (TPSA) is 46.9 Å². The lowest BCUT2D eigenvalue weighted by molar-refractivity contribution is 0.101. The number of hydrogen-bond acceptors (Lipinski definition) is 2. The van der Waals surface area contributed by atoms with Crippen molar-refractivity contribution in [1.29, 1.82) is 0 Å². The van der Waals surface area contributed by atoms with Crippen molar-refractivity contribution in [2.45, 2.75) is 6.43 Å². The summed E-state index contributed by atoms with van der Waals surface area (Å²) >= 11 is 5.82. The predicted octanol–water partition coefficient (Wildman–Crippen LogP) is 5.21. The highest BCUT2D eigenvalue weighted by Crippen LogP contribution is 2.33. The van der Waals surface area contributed by atoms with Crippen LogP contribution in [-0.4, -0.2) is 15.7 Å². The van der Waals surface area contributed by atoms with Gasteiger partial charge in [0.25, 0.3) is 12.3 Å². The summed E-state index contributed by atoms with van der Waals surface area (Å²) < 4.78 is 55.3. The lowest BCUT2D eigenvalue weighted by Gasteiger charge is -2.13. The van der Waals surface area contributed by atoms with Crippen LogP contribution in [0.15, 0.2) is 42.6 Å². The summed E-state index contributed by atoms with van der Waals surface area (Å²) in [5.41, 5.74) is -1.05. The summed E-state index contributed by atoms with van der Waals surface area (Å²) in [5.74, 6) is -2.89. The van der Waals surface area contributed by atoms with Gasteiger partial charge in [0.1, 0.15) is 17.3 Å². The van der Waals surface area contributed by atoms with E-state index < -0.39 is 35.2 Å². The van der Waals surface area contributed by atoms with E-state index in [1.54, 1.807) is 0 Å². The molecule has 0 saturated carbocycles. The Morgan fingerprint density at radius 3 is 2.48 bits per heavy atom. The number of halogens is 5. The van der Waals surface area contributed by atoms with Gasteiger partial charge >= 0.3 is 0 Å². The van der Waals surface area contributed by atoms with E-state index >= 15 is 0 Å². The summed E-state index contributed by atoms with van der Waals surface area (Å²) in [6, 6.07) is 7.68. The first kappa shape index (κ1) is 18.9. The number of anilines is 1. The van der Waals surface area contributed by atoms with Crippen molar-refractivity contribution < 1.29 is 22.4 Å². The fourth-order valence-corrected chi connectivity index (χ4v) is 2.71. The molecule has 1 heterocycles. The number of amides is 1.